The molecule has 1 aromatic rings. The molecule has 1 fully saturated rings. The summed E-state index contributed by atoms with van der Waals surface area (Å²) in [5, 5.41) is 13.2. The SMILES string of the molecule is CCC(NC(=O)[C@H](CC1CCCCC1)NC(=O)[C@@H](NC(=O)[C@H](CC(C)C)NC(=O)c1cnccn1)C(C)CC)C(=O)C(=O)NCC(=O)OC. The van der Waals surface area contributed by atoms with Crippen LogP contribution in [-0.4, -0.2) is 89.1 Å². The number of aromatic nitrogens is 2. The van der Waals surface area contributed by atoms with Gasteiger partial charge in [0.25, 0.3) is 11.8 Å². The molecule has 0 aromatic carbocycles. The van der Waals surface area contributed by atoms with Gasteiger partial charge >= 0.3 is 5.97 Å². The highest BCUT2D eigenvalue weighted by Crippen LogP contribution is 2.27. The van der Waals surface area contributed by atoms with Gasteiger partial charge < -0.3 is 31.3 Å². The lowest BCUT2D eigenvalue weighted by atomic mass is 9.84. The molecule has 5 N–H and O–H groups in total. The maximum absolute atomic E-state index is 13.9. The third-order valence-electron chi connectivity index (χ3n) is 8.73. The van der Waals surface area contributed by atoms with E-state index in [1.807, 2.05) is 20.8 Å². The summed E-state index contributed by atoms with van der Waals surface area (Å²) in [6, 6.07) is -4.27. The standard InChI is InChI=1S/C34H53N7O8/c1-7-21(5)28(41-31(45)24(16-20(3)4)39-32(46)26-18-35-14-15-36-26)33(47)40-25(17-22-12-10-9-11-13-22)30(44)38-23(8-2)29(43)34(48)37-19-27(42)49-6/h14-15,18,20-25,28H,7-13,16-17,19H2,1-6H3,(H,37,48)(H,38,44)(H,39,46)(H,40,47)(H,41,45)/t21?,23?,24-,25-,28-/m0/s1. The van der Waals surface area contributed by atoms with Crippen LogP contribution in [0.5, 0.6) is 0 Å². The van der Waals surface area contributed by atoms with Gasteiger partial charge in [0.2, 0.25) is 23.5 Å². The number of hydrogen-bond acceptors (Lipinski definition) is 10. The molecule has 0 bridgehead atoms. The van der Waals surface area contributed by atoms with Crippen molar-refractivity contribution in [1.29, 1.82) is 0 Å². The first-order chi connectivity index (χ1) is 23.3. The third kappa shape index (κ3) is 13.5. The van der Waals surface area contributed by atoms with Crippen LogP contribution in [-0.2, 0) is 33.5 Å². The fraction of sp³-hybridized carbons (Fsp3) is 0.676. The smallest absolute Gasteiger partial charge is 0.325 e. The van der Waals surface area contributed by atoms with E-state index in [0.29, 0.717) is 19.3 Å². The Morgan fingerprint density at radius 2 is 1.47 bits per heavy atom. The predicted molar refractivity (Wildman–Crippen MR) is 180 cm³/mol. The van der Waals surface area contributed by atoms with E-state index >= 15 is 0 Å². The van der Waals surface area contributed by atoms with Crippen molar-refractivity contribution < 1.29 is 38.3 Å². The van der Waals surface area contributed by atoms with E-state index in [9.17, 15) is 33.6 Å². The number of ether oxygens (including phenoxy) is 1. The molecular formula is C34H53N7O8. The van der Waals surface area contributed by atoms with E-state index in [1.54, 1.807) is 13.8 Å². The van der Waals surface area contributed by atoms with Crippen molar-refractivity contribution in [1.82, 2.24) is 36.6 Å². The Balaban J connectivity index is 2.26. The van der Waals surface area contributed by atoms with Crippen LogP contribution in [0.25, 0.3) is 0 Å². The molecule has 0 aliphatic heterocycles. The van der Waals surface area contributed by atoms with Gasteiger partial charge in [-0.05, 0) is 37.0 Å². The minimum absolute atomic E-state index is 0.0223. The van der Waals surface area contributed by atoms with Gasteiger partial charge in [-0.25, -0.2) is 4.98 Å². The number of hydrogen-bond donors (Lipinski definition) is 5. The summed E-state index contributed by atoms with van der Waals surface area (Å²) in [6.07, 6.45) is 10.1. The molecule has 0 spiro atoms. The van der Waals surface area contributed by atoms with Crippen molar-refractivity contribution >= 4 is 41.3 Å². The Morgan fingerprint density at radius 3 is 2.04 bits per heavy atom. The zero-order valence-corrected chi connectivity index (χ0v) is 29.5. The quantitative estimate of drug-likeness (QED) is 0.104. The maximum atomic E-state index is 13.9. The number of amides is 5. The minimum atomic E-state index is -1.20. The van der Waals surface area contributed by atoms with E-state index in [4.69, 9.17) is 0 Å². The van der Waals surface area contributed by atoms with Crippen LogP contribution in [0.2, 0.25) is 0 Å². The number of methoxy groups -OCH3 is 1. The van der Waals surface area contributed by atoms with Crippen LogP contribution >= 0.6 is 0 Å². The monoisotopic (exact) mass is 687 g/mol. The third-order valence-corrected chi connectivity index (χ3v) is 8.73. The van der Waals surface area contributed by atoms with Crippen molar-refractivity contribution in [2.75, 3.05) is 13.7 Å². The molecule has 15 nitrogen and oxygen atoms in total. The van der Waals surface area contributed by atoms with Crippen LogP contribution in [0.15, 0.2) is 18.6 Å². The van der Waals surface area contributed by atoms with Crippen LogP contribution in [0.3, 0.4) is 0 Å². The second kappa shape index (κ2) is 20.8. The summed E-state index contributed by atoms with van der Waals surface area (Å²) in [4.78, 5) is 98.7. The molecule has 2 rings (SSSR count). The molecule has 1 aromatic heterocycles. The van der Waals surface area contributed by atoms with E-state index in [-0.39, 0.29) is 29.9 Å². The minimum Gasteiger partial charge on any atom is -0.468 e. The first-order valence-electron chi connectivity index (χ1n) is 17.2. The average Bonchev–Trinajstić information content (AvgIpc) is 3.10. The molecule has 1 heterocycles. The summed E-state index contributed by atoms with van der Waals surface area (Å²) in [6.45, 7) is 8.59. The highest BCUT2D eigenvalue weighted by Gasteiger charge is 2.35. The summed E-state index contributed by atoms with van der Waals surface area (Å²) in [7, 11) is 1.15. The Morgan fingerprint density at radius 1 is 0.816 bits per heavy atom. The molecule has 272 valence electrons. The molecule has 1 aliphatic rings. The second-order valence-corrected chi connectivity index (χ2v) is 13.0. The number of nitrogens with one attached hydrogen (secondary N) is 5. The van der Waals surface area contributed by atoms with Gasteiger partial charge in [0.15, 0.2) is 0 Å². The number of ketones is 1. The summed E-state index contributed by atoms with van der Waals surface area (Å²) < 4.78 is 4.48. The lowest BCUT2D eigenvalue weighted by Crippen LogP contribution is -2.60. The average molecular weight is 688 g/mol. The van der Waals surface area contributed by atoms with Crippen molar-refractivity contribution in [2.24, 2.45) is 17.8 Å². The fourth-order valence-corrected chi connectivity index (χ4v) is 5.65. The number of Topliss-reactive ketones (excluding diaryl/α,β-unsaturated/α-hetero) is 1. The fourth-order valence-electron chi connectivity index (χ4n) is 5.65. The van der Waals surface area contributed by atoms with Crippen LogP contribution in [0.4, 0.5) is 0 Å². The maximum Gasteiger partial charge on any atom is 0.325 e. The van der Waals surface area contributed by atoms with Crippen molar-refractivity contribution in [3.8, 4) is 0 Å². The number of nitrogens with zero attached hydrogens (tertiary/aromatic N) is 2. The lowest BCUT2D eigenvalue weighted by Gasteiger charge is -2.31. The first-order valence-corrected chi connectivity index (χ1v) is 17.2. The summed E-state index contributed by atoms with van der Waals surface area (Å²) in [5.74, 6) is -5.27. The first kappa shape index (κ1) is 40.7. The van der Waals surface area contributed by atoms with Gasteiger partial charge in [-0.15, -0.1) is 0 Å². The largest absolute Gasteiger partial charge is 0.468 e. The molecule has 2 unspecified atom stereocenters. The molecule has 5 atom stereocenters. The summed E-state index contributed by atoms with van der Waals surface area (Å²) >= 11 is 0. The number of carbonyl (C=O) groups is 7. The van der Waals surface area contributed by atoms with Crippen molar-refractivity contribution in [3.63, 3.8) is 0 Å². The van der Waals surface area contributed by atoms with Gasteiger partial charge in [0.05, 0.1) is 19.3 Å². The Hall–Kier alpha value is -4.43. The highest BCUT2D eigenvalue weighted by atomic mass is 16.5. The van der Waals surface area contributed by atoms with E-state index in [1.165, 1.54) is 18.6 Å². The molecule has 5 amide bonds. The molecule has 0 radical (unpaired) electrons. The predicted octanol–water partition coefficient (Wildman–Crippen LogP) is 1.36. The van der Waals surface area contributed by atoms with Crippen LogP contribution in [0.1, 0.15) is 103 Å². The van der Waals surface area contributed by atoms with Gasteiger partial charge in [-0.3, -0.25) is 38.5 Å². The van der Waals surface area contributed by atoms with Gasteiger partial charge in [0, 0.05) is 12.4 Å². The van der Waals surface area contributed by atoms with Crippen molar-refractivity contribution in [2.45, 2.75) is 117 Å². The van der Waals surface area contributed by atoms with Gasteiger partial charge in [-0.1, -0.05) is 73.1 Å². The second-order valence-electron chi connectivity index (χ2n) is 13.0. The molecule has 15 heteroatoms. The zero-order chi connectivity index (χ0) is 36.5. The number of rotatable bonds is 19. The Kier molecular flexibility index (Phi) is 17.3. The Labute approximate surface area is 288 Å². The van der Waals surface area contributed by atoms with Crippen LogP contribution in [0, 0.1) is 17.8 Å². The van der Waals surface area contributed by atoms with Crippen LogP contribution < -0.4 is 26.6 Å². The summed E-state index contributed by atoms with van der Waals surface area (Å²) in [5.41, 5.74) is 0.0432. The molecular weight excluding hydrogens is 634 g/mol. The topological polar surface area (TPSA) is 215 Å². The Bertz CT molecular complexity index is 1290. The number of esters is 1. The highest BCUT2D eigenvalue weighted by molar-refractivity contribution is 6.38. The van der Waals surface area contributed by atoms with Crippen molar-refractivity contribution in [3.05, 3.63) is 24.3 Å². The molecule has 1 aliphatic carbocycles. The molecule has 0 saturated heterocycles. The lowest BCUT2D eigenvalue weighted by molar-refractivity contribution is -0.144. The normalized spacial score (nSPS) is 16.2. The van der Waals surface area contributed by atoms with Gasteiger partial charge in [0.1, 0.15) is 30.4 Å². The van der Waals surface area contributed by atoms with Gasteiger partial charge in [-0.2, -0.15) is 0 Å². The van der Waals surface area contributed by atoms with E-state index in [0.717, 1.165) is 39.2 Å². The van der Waals surface area contributed by atoms with E-state index < -0.39 is 72.0 Å². The van der Waals surface area contributed by atoms with E-state index in [2.05, 4.69) is 41.3 Å². The molecule has 49 heavy (non-hydrogen) atoms. The zero-order valence-electron chi connectivity index (χ0n) is 29.5. The number of carbonyl (C=O) groups excluding carboxylic acids is 7. The molecule has 1 saturated carbocycles.